The summed E-state index contributed by atoms with van der Waals surface area (Å²) < 4.78 is 0. The molecular formula is C25H31N3O2. The maximum Gasteiger partial charge on any atom is 0.247 e. The van der Waals surface area contributed by atoms with E-state index in [4.69, 9.17) is 0 Å². The summed E-state index contributed by atoms with van der Waals surface area (Å²) in [5.41, 5.74) is 4.60. The molecule has 1 unspecified atom stereocenters. The summed E-state index contributed by atoms with van der Waals surface area (Å²) in [5, 5.41) is 6.41. The van der Waals surface area contributed by atoms with Crippen LogP contribution < -0.4 is 10.6 Å². The Morgan fingerprint density at radius 3 is 2.57 bits per heavy atom. The first kappa shape index (κ1) is 23.1. The second kappa shape index (κ2) is 12.4. The molecule has 0 bridgehead atoms. The molecule has 30 heavy (non-hydrogen) atoms. The number of aliphatic imine (C=N–C) groups is 1. The topological polar surface area (TPSA) is 70.6 Å². The number of nitrogens with one attached hydrogen (secondary N) is 2. The third-order valence-corrected chi connectivity index (χ3v) is 4.73. The minimum Gasteiger partial charge on any atom is -0.370 e. The monoisotopic (exact) mass is 405 g/mol. The van der Waals surface area contributed by atoms with Crippen LogP contribution in [0.15, 0.2) is 70.9 Å². The van der Waals surface area contributed by atoms with E-state index in [1.807, 2.05) is 42.5 Å². The SMILES string of the molecule is CC/C=C1/C=C(NC(C(=O)NCCCC)c2ccc(/C=C/C=O)cc2)C=CC1=NC. The predicted octanol–water partition coefficient (Wildman–Crippen LogP) is 4.31. The molecule has 0 radical (unpaired) electrons. The molecule has 5 nitrogen and oxygen atoms in total. The van der Waals surface area contributed by atoms with Crippen LogP contribution in [0.4, 0.5) is 0 Å². The molecule has 1 aromatic rings. The van der Waals surface area contributed by atoms with Gasteiger partial charge in [0.05, 0.1) is 5.71 Å². The van der Waals surface area contributed by atoms with Crippen LogP contribution in [0.1, 0.15) is 50.3 Å². The van der Waals surface area contributed by atoms with Crippen LogP contribution in [0.2, 0.25) is 0 Å². The van der Waals surface area contributed by atoms with Crippen molar-refractivity contribution in [2.75, 3.05) is 13.6 Å². The van der Waals surface area contributed by atoms with Gasteiger partial charge in [-0.1, -0.05) is 56.7 Å². The van der Waals surface area contributed by atoms with Crippen LogP contribution in [-0.2, 0) is 9.59 Å². The third-order valence-electron chi connectivity index (χ3n) is 4.73. The standard InChI is InChI=1S/C25H31N3O2/c1-4-6-16-27-25(30)24(20-12-10-19(11-13-20)9-7-17-29)28-22-14-15-23(26-3)21(18-22)8-5-2/h7-15,17-18,24,28H,4-6,16H2,1-3H3,(H,27,30)/b9-7+,21-8-,26-23?. The molecule has 1 aliphatic rings. The fraction of sp³-hybridized carbons (Fsp3) is 0.320. The van der Waals surface area contributed by atoms with Gasteiger partial charge in [0.2, 0.25) is 5.91 Å². The number of carbonyl (C=O) groups excluding carboxylic acids is 2. The first-order valence-corrected chi connectivity index (χ1v) is 10.5. The van der Waals surface area contributed by atoms with Gasteiger partial charge in [-0.25, -0.2) is 0 Å². The number of benzene rings is 1. The smallest absolute Gasteiger partial charge is 0.247 e. The van der Waals surface area contributed by atoms with E-state index in [1.165, 1.54) is 6.08 Å². The van der Waals surface area contributed by atoms with Crippen LogP contribution in [0.25, 0.3) is 6.08 Å². The number of allylic oxidation sites excluding steroid dienone is 6. The zero-order valence-electron chi connectivity index (χ0n) is 18.0. The number of aldehydes is 1. The van der Waals surface area contributed by atoms with E-state index in [-0.39, 0.29) is 5.91 Å². The molecular weight excluding hydrogens is 374 g/mol. The number of amides is 1. The number of carbonyl (C=O) groups is 2. The number of hydrogen-bond acceptors (Lipinski definition) is 4. The second-order valence-corrected chi connectivity index (χ2v) is 6.99. The molecule has 2 N–H and O–H groups in total. The van der Waals surface area contributed by atoms with E-state index in [9.17, 15) is 9.59 Å². The molecule has 1 amide bonds. The van der Waals surface area contributed by atoms with Gasteiger partial charge in [-0.15, -0.1) is 0 Å². The Morgan fingerprint density at radius 2 is 1.93 bits per heavy atom. The van der Waals surface area contributed by atoms with Gasteiger partial charge in [0, 0.05) is 19.3 Å². The van der Waals surface area contributed by atoms with Crippen LogP contribution in [0.3, 0.4) is 0 Å². The van der Waals surface area contributed by atoms with Gasteiger partial charge in [0.15, 0.2) is 0 Å². The number of hydrogen-bond donors (Lipinski definition) is 2. The minimum absolute atomic E-state index is 0.0649. The maximum absolute atomic E-state index is 13.0. The molecule has 0 aliphatic heterocycles. The van der Waals surface area contributed by atoms with Crippen molar-refractivity contribution in [3.8, 4) is 0 Å². The van der Waals surface area contributed by atoms with Gasteiger partial charge in [-0.2, -0.15) is 0 Å². The molecule has 158 valence electrons. The molecule has 2 rings (SSSR count). The van der Waals surface area contributed by atoms with Crippen molar-refractivity contribution in [1.29, 1.82) is 0 Å². The Kier molecular flexibility index (Phi) is 9.52. The van der Waals surface area contributed by atoms with Crippen molar-refractivity contribution in [2.45, 2.75) is 39.2 Å². The summed E-state index contributed by atoms with van der Waals surface area (Å²) in [6.07, 6.45) is 14.9. The van der Waals surface area contributed by atoms with Crippen LogP contribution in [0.5, 0.6) is 0 Å². The fourth-order valence-corrected chi connectivity index (χ4v) is 3.14. The van der Waals surface area contributed by atoms with E-state index in [0.29, 0.717) is 6.54 Å². The maximum atomic E-state index is 13.0. The summed E-state index contributed by atoms with van der Waals surface area (Å²) in [5.74, 6) is -0.0649. The number of unbranched alkanes of at least 4 members (excludes halogenated alkanes) is 1. The molecule has 1 aliphatic carbocycles. The lowest BCUT2D eigenvalue weighted by atomic mass is 9.99. The minimum atomic E-state index is -0.523. The van der Waals surface area contributed by atoms with E-state index in [2.05, 4.69) is 35.5 Å². The van der Waals surface area contributed by atoms with Crippen molar-refractivity contribution < 1.29 is 9.59 Å². The van der Waals surface area contributed by atoms with Gasteiger partial charge >= 0.3 is 0 Å². The Balaban J connectivity index is 2.29. The van der Waals surface area contributed by atoms with Crippen molar-refractivity contribution in [1.82, 2.24) is 10.6 Å². The molecule has 0 saturated carbocycles. The lowest BCUT2D eigenvalue weighted by Crippen LogP contribution is -2.37. The predicted molar refractivity (Wildman–Crippen MR) is 124 cm³/mol. The largest absolute Gasteiger partial charge is 0.370 e. The molecule has 0 heterocycles. The normalized spacial score (nSPS) is 17.2. The molecule has 0 aromatic heterocycles. The molecule has 0 spiro atoms. The average Bonchev–Trinajstić information content (AvgIpc) is 2.77. The van der Waals surface area contributed by atoms with Gasteiger partial charge in [-0.05, 0) is 53.8 Å². The summed E-state index contributed by atoms with van der Waals surface area (Å²) in [6.45, 7) is 4.83. The van der Waals surface area contributed by atoms with Crippen molar-refractivity contribution in [2.24, 2.45) is 4.99 Å². The second-order valence-electron chi connectivity index (χ2n) is 6.99. The van der Waals surface area contributed by atoms with Crippen molar-refractivity contribution >= 4 is 24.0 Å². The Hall–Kier alpha value is -3.21. The van der Waals surface area contributed by atoms with Gasteiger partial charge < -0.3 is 10.6 Å². The lowest BCUT2D eigenvalue weighted by molar-refractivity contribution is -0.123. The Bertz CT molecular complexity index is 874. The molecule has 1 aromatic carbocycles. The highest BCUT2D eigenvalue weighted by molar-refractivity contribution is 6.11. The summed E-state index contributed by atoms with van der Waals surface area (Å²) in [6, 6.07) is 7.11. The first-order chi connectivity index (χ1) is 14.6. The van der Waals surface area contributed by atoms with Gasteiger partial charge in [0.25, 0.3) is 0 Å². The quantitative estimate of drug-likeness (QED) is 0.346. The van der Waals surface area contributed by atoms with Crippen LogP contribution >= 0.6 is 0 Å². The van der Waals surface area contributed by atoms with E-state index in [1.54, 1.807) is 13.1 Å². The van der Waals surface area contributed by atoms with Gasteiger partial charge in [0.1, 0.15) is 12.3 Å². The molecule has 5 heteroatoms. The molecule has 0 fully saturated rings. The van der Waals surface area contributed by atoms with Crippen LogP contribution in [-0.4, -0.2) is 31.5 Å². The van der Waals surface area contributed by atoms with Gasteiger partial charge in [-0.3, -0.25) is 14.6 Å². The number of rotatable bonds is 10. The first-order valence-electron chi connectivity index (χ1n) is 10.5. The van der Waals surface area contributed by atoms with Crippen molar-refractivity contribution in [3.05, 3.63) is 77.0 Å². The molecule has 1 atom stereocenters. The van der Waals surface area contributed by atoms with Crippen LogP contribution in [0, 0.1) is 0 Å². The van der Waals surface area contributed by atoms with E-state index >= 15 is 0 Å². The summed E-state index contributed by atoms with van der Waals surface area (Å²) in [4.78, 5) is 27.8. The highest BCUT2D eigenvalue weighted by Gasteiger charge is 2.21. The van der Waals surface area contributed by atoms with E-state index in [0.717, 1.165) is 53.7 Å². The zero-order valence-corrected chi connectivity index (χ0v) is 18.0. The summed E-state index contributed by atoms with van der Waals surface area (Å²) in [7, 11) is 1.78. The molecule has 0 saturated heterocycles. The highest BCUT2D eigenvalue weighted by atomic mass is 16.2. The lowest BCUT2D eigenvalue weighted by Gasteiger charge is -2.22. The summed E-state index contributed by atoms with van der Waals surface area (Å²) >= 11 is 0. The fourth-order valence-electron chi connectivity index (χ4n) is 3.14. The van der Waals surface area contributed by atoms with E-state index < -0.39 is 6.04 Å². The highest BCUT2D eigenvalue weighted by Crippen LogP contribution is 2.20. The Labute approximate surface area is 179 Å². The Morgan fingerprint density at radius 1 is 1.17 bits per heavy atom. The van der Waals surface area contributed by atoms with Crippen molar-refractivity contribution in [3.63, 3.8) is 0 Å². The zero-order chi connectivity index (χ0) is 21.8. The number of nitrogens with zero attached hydrogens (tertiary/aromatic N) is 1. The average molecular weight is 406 g/mol. The third kappa shape index (κ3) is 6.69.